The number of phenolic OH excluding ortho intramolecular Hbond substituents is 1. The predicted molar refractivity (Wildman–Crippen MR) is 75.7 cm³/mol. The van der Waals surface area contributed by atoms with Gasteiger partial charge < -0.3 is 10.2 Å². The van der Waals surface area contributed by atoms with E-state index in [-0.39, 0.29) is 33.3 Å². The molecule has 0 unspecified atom stereocenters. The first-order valence-electron chi connectivity index (χ1n) is 6.28. The lowest BCUT2D eigenvalue weighted by Gasteiger charge is -2.09. The van der Waals surface area contributed by atoms with Crippen LogP contribution in [0.15, 0.2) is 42.6 Å². The molecule has 0 amide bonds. The Morgan fingerprint density at radius 1 is 1.00 bits per heavy atom. The van der Waals surface area contributed by atoms with Crippen LogP contribution in [0.1, 0.15) is 10.4 Å². The second kappa shape index (κ2) is 5.07. The SMILES string of the molecule is O=C(O)c1ccc2c(F)cnc(-c3ccc(O)cc3F)c2c1. The predicted octanol–water partition coefficient (Wildman–Crippen LogP) is 3.58. The average Bonchev–Trinajstić information content (AvgIpc) is 2.48. The molecule has 2 N–H and O–H groups in total. The van der Waals surface area contributed by atoms with Gasteiger partial charge in [0.1, 0.15) is 17.4 Å². The van der Waals surface area contributed by atoms with E-state index in [0.717, 1.165) is 12.3 Å². The van der Waals surface area contributed by atoms with Gasteiger partial charge in [0.05, 0.1) is 17.5 Å². The van der Waals surface area contributed by atoms with E-state index in [4.69, 9.17) is 5.11 Å². The molecule has 2 aromatic carbocycles. The summed E-state index contributed by atoms with van der Waals surface area (Å²) in [5, 5.41) is 18.6. The van der Waals surface area contributed by atoms with Crippen LogP contribution in [0, 0.1) is 11.6 Å². The molecule has 0 fully saturated rings. The summed E-state index contributed by atoms with van der Waals surface area (Å²) in [7, 11) is 0. The molecule has 0 radical (unpaired) electrons. The molecule has 4 nitrogen and oxygen atoms in total. The van der Waals surface area contributed by atoms with Crippen LogP contribution in [0.5, 0.6) is 5.75 Å². The summed E-state index contributed by atoms with van der Waals surface area (Å²) in [4.78, 5) is 14.9. The zero-order valence-corrected chi connectivity index (χ0v) is 11.0. The van der Waals surface area contributed by atoms with Crippen LogP contribution in [-0.4, -0.2) is 21.2 Å². The van der Waals surface area contributed by atoms with Crippen LogP contribution in [0.25, 0.3) is 22.0 Å². The second-order valence-electron chi connectivity index (χ2n) is 4.68. The first kappa shape index (κ1) is 13.9. The molecule has 3 rings (SSSR count). The highest BCUT2D eigenvalue weighted by Crippen LogP contribution is 2.31. The van der Waals surface area contributed by atoms with Crippen molar-refractivity contribution < 1.29 is 23.8 Å². The number of aromatic hydroxyl groups is 1. The molecule has 1 heterocycles. The first-order chi connectivity index (χ1) is 10.5. The third-order valence-corrected chi connectivity index (χ3v) is 3.29. The molecule has 0 aliphatic rings. The van der Waals surface area contributed by atoms with Crippen molar-refractivity contribution in [3.05, 3.63) is 59.8 Å². The van der Waals surface area contributed by atoms with E-state index >= 15 is 0 Å². The number of hydrogen-bond acceptors (Lipinski definition) is 3. The minimum atomic E-state index is -1.18. The normalized spacial score (nSPS) is 10.8. The Kier molecular flexibility index (Phi) is 3.21. The van der Waals surface area contributed by atoms with Crippen molar-refractivity contribution >= 4 is 16.7 Å². The number of nitrogens with zero attached hydrogens (tertiary/aromatic N) is 1. The van der Waals surface area contributed by atoms with Crippen molar-refractivity contribution in [3.63, 3.8) is 0 Å². The number of pyridine rings is 1. The molecular formula is C16H9F2NO3. The maximum atomic E-state index is 14.0. The van der Waals surface area contributed by atoms with Crippen molar-refractivity contribution in [1.82, 2.24) is 4.98 Å². The fourth-order valence-electron chi connectivity index (χ4n) is 2.25. The largest absolute Gasteiger partial charge is 0.508 e. The standard InChI is InChI=1S/C16H9F2NO3/c17-13-6-9(20)2-4-11(13)15-12-5-8(16(21)22)1-3-10(12)14(18)7-19-15/h1-7,20H,(H,21,22). The molecule has 0 atom stereocenters. The molecule has 0 aliphatic heterocycles. The molecule has 6 heteroatoms. The third kappa shape index (κ3) is 2.24. The maximum absolute atomic E-state index is 14.0. The van der Waals surface area contributed by atoms with Crippen LogP contribution >= 0.6 is 0 Å². The van der Waals surface area contributed by atoms with E-state index in [0.29, 0.717) is 0 Å². The van der Waals surface area contributed by atoms with Gasteiger partial charge in [-0.1, -0.05) is 6.07 Å². The van der Waals surface area contributed by atoms with Crippen LogP contribution in [0.4, 0.5) is 8.78 Å². The number of carboxylic acid groups (broad SMARTS) is 1. The number of phenols is 1. The highest BCUT2D eigenvalue weighted by atomic mass is 19.1. The van der Waals surface area contributed by atoms with Gasteiger partial charge in [0.15, 0.2) is 0 Å². The van der Waals surface area contributed by atoms with Gasteiger partial charge >= 0.3 is 5.97 Å². The Labute approximate surface area is 123 Å². The monoisotopic (exact) mass is 301 g/mol. The number of carbonyl (C=O) groups is 1. The quantitative estimate of drug-likeness (QED) is 0.759. The number of benzene rings is 2. The van der Waals surface area contributed by atoms with Gasteiger partial charge in [-0.3, -0.25) is 4.98 Å². The number of rotatable bonds is 2. The van der Waals surface area contributed by atoms with E-state index in [9.17, 15) is 18.7 Å². The first-order valence-corrected chi connectivity index (χ1v) is 6.28. The van der Waals surface area contributed by atoms with Crippen LogP contribution in [0.2, 0.25) is 0 Å². The van der Waals surface area contributed by atoms with Crippen LogP contribution < -0.4 is 0 Å². The minimum absolute atomic E-state index is 0.0466. The highest BCUT2D eigenvalue weighted by Gasteiger charge is 2.15. The summed E-state index contributed by atoms with van der Waals surface area (Å²) in [5.41, 5.74) is 0.0997. The average molecular weight is 301 g/mol. The number of carboxylic acids is 1. The van der Waals surface area contributed by atoms with Crippen molar-refractivity contribution in [2.75, 3.05) is 0 Å². The van der Waals surface area contributed by atoms with Gasteiger partial charge in [0, 0.05) is 22.4 Å². The summed E-state index contributed by atoms with van der Waals surface area (Å²) in [6.45, 7) is 0. The smallest absolute Gasteiger partial charge is 0.335 e. The summed E-state index contributed by atoms with van der Waals surface area (Å²) in [6, 6.07) is 7.32. The molecule has 0 saturated carbocycles. The Bertz CT molecular complexity index is 909. The van der Waals surface area contributed by atoms with Gasteiger partial charge in [0.25, 0.3) is 0 Å². The highest BCUT2D eigenvalue weighted by molar-refractivity contribution is 6.00. The Morgan fingerprint density at radius 2 is 1.77 bits per heavy atom. The Hall–Kier alpha value is -3.02. The zero-order chi connectivity index (χ0) is 15.9. The molecule has 0 bridgehead atoms. The molecular weight excluding hydrogens is 292 g/mol. The van der Waals surface area contributed by atoms with Crippen molar-refractivity contribution in [3.8, 4) is 17.0 Å². The molecule has 110 valence electrons. The Morgan fingerprint density at radius 3 is 2.45 bits per heavy atom. The van der Waals surface area contributed by atoms with Crippen molar-refractivity contribution in [1.29, 1.82) is 0 Å². The number of aromatic carboxylic acids is 1. The van der Waals surface area contributed by atoms with Crippen LogP contribution in [-0.2, 0) is 0 Å². The fraction of sp³-hybridized carbons (Fsp3) is 0. The van der Waals surface area contributed by atoms with Gasteiger partial charge in [-0.25, -0.2) is 13.6 Å². The zero-order valence-electron chi connectivity index (χ0n) is 11.0. The molecule has 0 saturated heterocycles. The van der Waals surface area contributed by atoms with Gasteiger partial charge in [-0.05, 0) is 24.3 Å². The lowest BCUT2D eigenvalue weighted by Crippen LogP contribution is -1.98. The second-order valence-corrected chi connectivity index (χ2v) is 4.68. The van der Waals surface area contributed by atoms with Gasteiger partial charge in [-0.15, -0.1) is 0 Å². The molecule has 0 aliphatic carbocycles. The number of fused-ring (bicyclic) bond motifs is 1. The lowest BCUT2D eigenvalue weighted by molar-refractivity contribution is 0.0697. The maximum Gasteiger partial charge on any atom is 0.335 e. The van der Waals surface area contributed by atoms with Gasteiger partial charge in [0.2, 0.25) is 0 Å². The Balaban J connectivity index is 2.35. The van der Waals surface area contributed by atoms with E-state index in [1.54, 1.807) is 0 Å². The molecule has 22 heavy (non-hydrogen) atoms. The number of aromatic nitrogens is 1. The van der Waals surface area contributed by atoms with Crippen molar-refractivity contribution in [2.45, 2.75) is 0 Å². The van der Waals surface area contributed by atoms with E-state index in [2.05, 4.69) is 4.98 Å². The van der Waals surface area contributed by atoms with Crippen molar-refractivity contribution in [2.24, 2.45) is 0 Å². The van der Waals surface area contributed by atoms with Gasteiger partial charge in [-0.2, -0.15) is 0 Å². The molecule has 3 aromatic rings. The topological polar surface area (TPSA) is 70.4 Å². The summed E-state index contributed by atoms with van der Waals surface area (Å²) in [5.74, 6) is -2.79. The summed E-state index contributed by atoms with van der Waals surface area (Å²) in [6.07, 6.45) is 0.949. The van der Waals surface area contributed by atoms with E-state index in [1.807, 2.05) is 0 Å². The molecule has 0 spiro atoms. The van der Waals surface area contributed by atoms with Crippen LogP contribution in [0.3, 0.4) is 0 Å². The minimum Gasteiger partial charge on any atom is -0.508 e. The fourth-order valence-corrected chi connectivity index (χ4v) is 2.25. The number of halogens is 2. The lowest BCUT2D eigenvalue weighted by atomic mass is 10.0. The molecule has 1 aromatic heterocycles. The van der Waals surface area contributed by atoms with E-state index in [1.165, 1.54) is 30.3 Å². The summed E-state index contributed by atoms with van der Waals surface area (Å²) >= 11 is 0. The van der Waals surface area contributed by atoms with E-state index < -0.39 is 17.6 Å². The number of hydrogen-bond donors (Lipinski definition) is 2. The summed E-state index contributed by atoms with van der Waals surface area (Å²) < 4.78 is 27.8. The third-order valence-electron chi connectivity index (χ3n) is 3.29.